The third kappa shape index (κ3) is 3.37. The van der Waals surface area contributed by atoms with Crippen molar-refractivity contribution in [1.82, 2.24) is 4.72 Å². The lowest BCUT2D eigenvalue weighted by Crippen LogP contribution is -2.24. The Morgan fingerprint density at radius 3 is 2.82 bits per heavy atom. The van der Waals surface area contributed by atoms with Crippen molar-refractivity contribution in [3.63, 3.8) is 0 Å². The summed E-state index contributed by atoms with van der Waals surface area (Å²) in [7, 11) is -3.70. The van der Waals surface area contributed by atoms with Gasteiger partial charge in [-0.15, -0.1) is 6.58 Å². The smallest absolute Gasteiger partial charge is 0.211 e. The Hall–Kier alpha value is -1.71. The highest BCUT2D eigenvalue weighted by atomic mass is 32.2. The highest BCUT2D eigenvalue weighted by molar-refractivity contribution is 7.89. The number of nitriles is 1. The molecule has 0 atom stereocenters. The van der Waals surface area contributed by atoms with Crippen LogP contribution in [0.5, 0.6) is 0 Å². The molecule has 0 spiro atoms. The van der Waals surface area contributed by atoms with E-state index in [4.69, 9.17) is 5.26 Å². The van der Waals surface area contributed by atoms with Crippen LogP contribution in [0.25, 0.3) is 0 Å². The zero-order chi connectivity index (χ0) is 12.9. The maximum atomic E-state index is 13.0. The fraction of sp³-hybridized carbons (Fsp3) is 0.182. The molecule has 0 aromatic heterocycles. The monoisotopic (exact) mass is 254 g/mol. The average molecular weight is 254 g/mol. The van der Waals surface area contributed by atoms with Gasteiger partial charge < -0.3 is 0 Å². The average Bonchev–Trinajstić information content (AvgIpc) is 2.29. The first-order valence-corrected chi connectivity index (χ1v) is 6.30. The maximum Gasteiger partial charge on any atom is 0.240 e. The molecule has 0 unspecified atom stereocenters. The summed E-state index contributed by atoms with van der Waals surface area (Å²) in [5.74, 6) is -0.738. The highest BCUT2D eigenvalue weighted by Gasteiger charge is 2.15. The largest absolute Gasteiger partial charge is 0.240 e. The maximum absolute atomic E-state index is 13.0. The topological polar surface area (TPSA) is 70.0 Å². The first-order valence-electron chi connectivity index (χ1n) is 4.81. The number of benzene rings is 1. The molecule has 0 amide bonds. The SMILES string of the molecule is C=CCCNS(=O)(=O)c1ccc(F)c(C#N)c1. The van der Waals surface area contributed by atoms with Crippen molar-refractivity contribution in [2.24, 2.45) is 0 Å². The van der Waals surface area contributed by atoms with Gasteiger partial charge in [0.05, 0.1) is 10.5 Å². The van der Waals surface area contributed by atoms with Gasteiger partial charge in [0, 0.05) is 6.54 Å². The van der Waals surface area contributed by atoms with Gasteiger partial charge >= 0.3 is 0 Å². The van der Waals surface area contributed by atoms with Crippen molar-refractivity contribution < 1.29 is 12.8 Å². The minimum Gasteiger partial charge on any atom is -0.211 e. The Morgan fingerprint density at radius 2 is 2.24 bits per heavy atom. The Labute approximate surface area is 99.4 Å². The highest BCUT2D eigenvalue weighted by Crippen LogP contribution is 2.14. The molecule has 0 fully saturated rings. The van der Waals surface area contributed by atoms with Gasteiger partial charge in [-0.05, 0) is 24.6 Å². The van der Waals surface area contributed by atoms with Crippen LogP contribution in [0.2, 0.25) is 0 Å². The fourth-order valence-corrected chi connectivity index (χ4v) is 2.21. The molecule has 0 radical (unpaired) electrons. The predicted octanol–water partition coefficient (Wildman–Crippen LogP) is 1.55. The summed E-state index contributed by atoms with van der Waals surface area (Å²) < 4.78 is 38.7. The van der Waals surface area contributed by atoms with Crippen LogP contribution in [0, 0.1) is 17.1 Å². The number of hydrogen-bond acceptors (Lipinski definition) is 3. The second-order valence-electron chi connectivity index (χ2n) is 3.23. The van der Waals surface area contributed by atoms with E-state index in [9.17, 15) is 12.8 Å². The van der Waals surface area contributed by atoms with Crippen LogP contribution in [0.3, 0.4) is 0 Å². The van der Waals surface area contributed by atoms with Crippen molar-refractivity contribution in [3.8, 4) is 6.07 Å². The molecule has 6 heteroatoms. The number of nitrogens with one attached hydrogen (secondary N) is 1. The summed E-state index contributed by atoms with van der Waals surface area (Å²) in [6.45, 7) is 3.68. The lowest BCUT2D eigenvalue weighted by Gasteiger charge is -2.05. The summed E-state index contributed by atoms with van der Waals surface area (Å²) in [5.41, 5.74) is -0.295. The van der Waals surface area contributed by atoms with Crippen LogP contribution in [-0.2, 0) is 10.0 Å². The predicted molar refractivity (Wildman–Crippen MR) is 61.1 cm³/mol. The molecule has 17 heavy (non-hydrogen) atoms. The van der Waals surface area contributed by atoms with Gasteiger partial charge in [0.2, 0.25) is 10.0 Å². The van der Waals surface area contributed by atoms with E-state index in [1.807, 2.05) is 0 Å². The minimum atomic E-state index is -3.70. The molecule has 0 heterocycles. The second-order valence-corrected chi connectivity index (χ2v) is 5.00. The summed E-state index contributed by atoms with van der Waals surface area (Å²) in [6, 6.07) is 4.67. The Bertz CT molecular complexity index is 561. The van der Waals surface area contributed by atoms with Crippen molar-refractivity contribution in [2.45, 2.75) is 11.3 Å². The van der Waals surface area contributed by atoms with Gasteiger partial charge in [0.25, 0.3) is 0 Å². The van der Waals surface area contributed by atoms with Crippen LogP contribution >= 0.6 is 0 Å². The number of sulfonamides is 1. The van der Waals surface area contributed by atoms with Gasteiger partial charge in [0.1, 0.15) is 11.9 Å². The first kappa shape index (κ1) is 13.4. The van der Waals surface area contributed by atoms with Crippen LogP contribution in [-0.4, -0.2) is 15.0 Å². The molecular formula is C11H11FN2O2S. The van der Waals surface area contributed by atoms with Crippen LogP contribution < -0.4 is 4.72 Å². The van der Waals surface area contributed by atoms with Gasteiger partial charge in [-0.3, -0.25) is 0 Å². The molecule has 0 aliphatic carbocycles. The number of hydrogen-bond donors (Lipinski definition) is 1. The van der Waals surface area contributed by atoms with E-state index < -0.39 is 15.8 Å². The quantitative estimate of drug-likeness (QED) is 0.640. The molecule has 1 aromatic rings. The molecule has 1 aromatic carbocycles. The van der Waals surface area contributed by atoms with E-state index in [1.165, 1.54) is 0 Å². The minimum absolute atomic E-state index is 0.125. The van der Waals surface area contributed by atoms with Gasteiger partial charge in [-0.25, -0.2) is 17.5 Å². The summed E-state index contributed by atoms with van der Waals surface area (Å²) >= 11 is 0. The van der Waals surface area contributed by atoms with E-state index >= 15 is 0 Å². The third-order valence-corrected chi connectivity index (χ3v) is 3.47. The molecule has 1 N–H and O–H groups in total. The molecule has 4 nitrogen and oxygen atoms in total. The molecule has 90 valence electrons. The van der Waals surface area contributed by atoms with E-state index in [1.54, 1.807) is 12.1 Å². The standard InChI is InChI=1S/C11H11FN2O2S/c1-2-3-6-14-17(15,16)10-4-5-11(12)9(7-10)8-13/h2,4-5,7,14H,1,3,6H2. The molecule has 0 aliphatic rings. The third-order valence-electron chi connectivity index (χ3n) is 2.01. The Kier molecular flexibility index (Phi) is 4.37. The van der Waals surface area contributed by atoms with Crippen molar-refractivity contribution >= 4 is 10.0 Å². The molecule has 0 saturated heterocycles. The number of rotatable bonds is 5. The van der Waals surface area contributed by atoms with Gasteiger partial charge in [0.15, 0.2) is 0 Å². The van der Waals surface area contributed by atoms with Crippen molar-refractivity contribution in [1.29, 1.82) is 5.26 Å². The Morgan fingerprint density at radius 1 is 1.53 bits per heavy atom. The summed E-state index contributed by atoms with van der Waals surface area (Å²) in [4.78, 5) is -0.125. The van der Waals surface area contributed by atoms with Crippen LogP contribution in [0.1, 0.15) is 12.0 Å². The van der Waals surface area contributed by atoms with Crippen molar-refractivity contribution in [3.05, 3.63) is 42.2 Å². The van der Waals surface area contributed by atoms with E-state index in [0.717, 1.165) is 18.2 Å². The molecule has 0 bridgehead atoms. The zero-order valence-electron chi connectivity index (χ0n) is 8.98. The lowest BCUT2D eigenvalue weighted by molar-refractivity contribution is 0.581. The van der Waals surface area contributed by atoms with Crippen molar-refractivity contribution in [2.75, 3.05) is 6.54 Å². The molecular weight excluding hydrogens is 243 g/mol. The first-order chi connectivity index (χ1) is 8.01. The molecule has 1 rings (SSSR count). The fourth-order valence-electron chi connectivity index (χ4n) is 1.14. The normalized spacial score (nSPS) is 10.8. The summed E-state index contributed by atoms with van der Waals surface area (Å²) in [5, 5.41) is 8.60. The van der Waals surface area contributed by atoms with Crippen LogP contribution in [0.4, 0.5) is 4.39 Å². The Balaban J connectivity index is 3.00. The molecule has 0 saturated carbocycles. The van der Waals surface area contributed by atoms with E-state index in [2.05, 4.69) is 11.3 Å². The zero-order valence-corrected chi connectivity index (χ0v) is 9.80. The number of halogens is 1. The van der Waals surface area contributed by atoms with E-state index in [-0.39, 0.29) is 17.0 Å². The summed E-state index contributed by atoms with van der Waals surface area (Å²) in [6.07, 6.45) is 2.07. The number of nitrogens with zero attached hydrogens (tertiary/aromatic N) is 1. The molecule has 0 aliphatic heterocycles. The van der Waals surface area contributed by atoms with Gasteiger partial charge in [-0.2, -0.15) is 5.26 Å². The lowest BCUT2D eigenvalue weighted by atomic mass is 10.2. The van der Waals surface area contributed by atoms with Gasteiger partial charge in [-0.1, -0.05) is 6.08 Å². The van der Waals surface area contributed by atoms with Crippen LogP contribution in [0.15, 0.2) is 35.7 Å². The second kappa shape index (κ2) is 5.57. The van der Waals surface area contributed by atoms with E-state index in [0.29, 0.717) is 6.42 Å².